The van der Waals surface area contributed by atoms with Crippen molar-refractivity contribution < 1.29 is 4.79 Å². The van der Waals surface area contributed by atoms with E-state index in [1.54, 1.807) is 0 Å². The molecular weight excluding hydrogens is 385 g/mol. The van der Waals surface area contributed by atoms with E-state index in [0.717, 1.165) is 9.13 Å². The largest absolute Gasteiger partial charge is 0.325 e. The Balaban J connectivity index is 1.99. The van der Waals surface area contributed by atoms with Crippen LogP contribution in [0.5, 0.6) is 0 Å². The van der Waals surface area contributed by atoms with Gasteiger partial charge in [0.05, 0.1) is 10.7 Å². The van der Waals surface area contributed by atoms with Crippen molar-refractivity contribution >= 4 is 45.8 Å². The quantitative estimate of drug-likeness (QED) is 0.714. The molecule has 1 amide bonds. The second kappa shape index (κ2) is 7.09. The standard InChI is InChI=1S/C16H15ClINO/c1-11(12-5-3-2-4-6-12)9-16(20)19-15-8-7-13(18)10-14(15)17/h2-8,10-11H,9H2,1H3,(H,19,20). The Kier molecular flexibility index (Phi) is 5.43. The number of benzene rings is 2. The van der Waals surface area contributed by atoms with E-state index in [-0.39, 0.29) is 11.8 Å². The molecule has 0 bridgehead atoms. The highest BCUT2D eigenvalue weighted by Gasteiger charge is 2.12. The Labute approximate surface area is 137 Å². The second-order valence-corrected chi connectivity index (χ2v) is 6.34. The van der Waals surface area contributed by atoms with Crippen LogP contribution in [0.4, 0.5) is 5.69 Å². The van der Waals surface area contributed by atoms with Crippen molar-refractivity contribution in [2.45, 2.75) is 19.3 Å². The van der Waals surface area contributed by atoms with Crippen LogP contribution in [0.25, 0.3) is 0 Å². The fourth-order valence-corrected chi connectivity index (χ4v) is 2.87. The van der Waals surface area contributed by atoms with E-state index in [2.05, 4.69) is 27.9 Å². The maximum absolute atomic E-state index is 12.1. The first-order valence-corrected chi connectivity index (χ1v) is 7.82. The molecule has 4 heteroatoms. The zero-order valence-corrected chi connectivity index (χ0v) is 14.0. The average Bonchev–Trinajstić information content (AvgIpc) is 2.43. The molecule has 20 heavy (non-hydrogen) atoms. The Morgan fingerprint density at radius 2 is 1.95 bits per heavy atom. The lowest BCUT2D eigenvalue weighted by atomic mass is 9.97. The van der Waals surface area contributed by atoms with Crippen LogP contribution in [-0.2, 0) is 4.79 Å². The monoisotopic (exact) mass is 399 g/mol. The lowest BCUT2D eigenvalue weighted by molar-refractivity contribution is -0.116. The van der Waals surface area contributed by atoms with Crippen LogP contribution in [0.15, 0.2) is 48.5 Å². The Bertz CT molecular complexity index is 601. The molecule has 1 atom stereocenters. The molecule has 0 spiro atoms. The van der Waals surface area contributed by atoms with E-state index in [1.165, 1.54) is 0 Å². The van der Waals surface area contributed by atoms with Gasteiger partial charge in [-0.25, -0.2) is 0 Å². The Morgan fingerprint density at radius 3 is 2.60 bits per heavy atom. The number of amides is 1. The van der Waals surface area contributed by atoms with Gasteiger partial charge in [0.1, 0.15) is 0 Å². The van der Waals surface area contributed by atoms with Crippen LogP contribution in [0.1, 0.15) is 24.8 Å². The fraction of sp³-hybridized carbons (Fsp3) is 0.188. The highest BCUT2D eigenvalue weighted by atomic mass is 127. The van der Waals surface area contributed by atoms with Crippen LogP contribution < -0.4 is 5.32 Å². The molecule has 0 heterocycles. The van der Waals surface area contributed by atoms with Crippen molar-refractivity contribution in [3.63, 3.8) is 0 Å². The molecule has 0 fully saturated rings. The summed E-state index contributed by atoms with van der Waals surface area (Å²) < 4.78 is 1.04. The molecule has 1 N–H and O–H groups in total. The first-order chi connectivity index (χ1) is 9.56. The first-order valence-electron chi connectivity index (χ1n) is 6.36. The summed E-state index contributed by atoms with van der Waals surface area (Å²) in [4.78, 5) is 12.1. The molecule has 0 aliphatic carbocycles. The summed E-state index contributed by atoms with van der Waals surface area (Å²) in [7, 11) is 0. The predicted octanol–water partition coefficient (Wildman–Crippen LogP) is 5.08. The molecule has 0 saturated carbocycles. The van der Waals surface area contributed by atoms with E-state index in [9.17, 15) is 4.79 Å². The van der Waals surface area contributed by atoms with Crippen LogP contribution in [0, 0.1) is 3.57 Å². The van der Waals surface area contributed by atoms with E-state index < -0.39 is 0 Å². The molecule has 2 rings (SSSR count). The number of rotatable bonds is 4. The molecule has 2 aromatic rings. The minimum atomic E-state index is -0.0236. The van der Waals surface area contributed by atoms with Gasteiger partial charge in [-0.2, -0.15) is 0 Å². The predicted molar refractivity (Wildman–Crippen MR) is 92.3 cm³/mol. The number of nitrogens with one attached hydrogen (secondary N) is 1. The van der Waals surface area contributed by atoms with E-state index in [0.29, 0.717) is 17.1 Å². The smallest absolute Gasteiger partial charge is 0.225 e. The summed E-state index contributed by atoms with van der Waals surface area (Å²) in [6, 6.07) is 15.6. The number of hydrogen-bond donors (Lipinski definition) is 1. The highest BCUT2D eigenvalue weighted by Crippen LogP contribution is 2.25. The van der Waals surface area contributed by atoms with Crippen molar-refractivity contribution in [3.8, 4) is 0 Å². The molecule has 0 aliphatic rings. The van der Waals surface area contributed by atoms with Crippen molar-refractivity contribution in [2.24, 2.45) is 0 Å². The van der Waals surface area contributed by atoms with Gasteiger partial charge in [-0.3, -0.25) is 4.79 Å². The molecule has 0 aliphatic heterocycles. The molecule has 0 saturated heterocycles. The van der Waals surface area contributed by atoms with Gasteiger partial charge in [-0.05, 0) is 52.3 Å². The van der Waals surface area contributed by atoms with Crippen LogP contribution in [0.3, 0.4) is 0 Å². The molecule has 104 valence electrons. The van der Waals surface area contributed by atoms with Gasteiger partial charge in [-0.1, -0.05) is 48.9 Å². The van der Waals surface area contributed by atoms with Crippen molar-refractivity contribution in [2.75, 3.05) is 5.32 Å². The zero-order valence-electron chi connectivity index (χ0n) is 11.1. The van der Waals surface area contributed by atoms with E-state index in [1.807, 2.05) is 55.5 Å². The van der Waals surface area contributed by atoms with Crippen molar-refractivity contribution in [3.05, 3.63) is 62.7 Å². The van der Waals surface area contributed by atoms with E-state index >= 15 is 0 Å². The summed E-state index contributed by atoms with van der Waals surface area (Å²) in [6.07, 6.45) is 0.437. The van der Waals surface area contributed by atoms with Gasteiger partial charge < -0.3 is 5.32 Å². The topological polar surface area (TPSA) is 29.1 Å². The summed E-state index contributed by atoms with van der Waals surface area (Å²) in [6.45, 7) is 2.05. The third-order valence-electron chi connectivity index (χ3n) is 3.07. The maximum Gasteiger partial charge on any atom is 0.225 e. The lowest BCUT2D eigenvalue weighted by Gasteiger charge is -2.12. The summed E-state index contributed by atoms with van der Waals surface area (Å²) in [5.74, 6) is 0.156. The number of carbonyl (C=O) groups is 1. The molecule has 2 aromatic carbocycles. The summed E-state index contributed by atoms with van der Waals surface area (Å²) in [5.41, 5.74) is 1.83. The number of anilines is 1. The molecule has 2 nitrogen and oxygen atoms in total. The Morgan fingerprint density at radius 1 is 1.25 bits per heavy atom. The molecule has 0 radical (unpaired) electrons. The normalized spacial score (nSPS) is 11.9. The zero-order chi connectivity index (χ0) is 14.5. The van der Waals surface area contributed by atoms with E-state index in [4.69, 9.17) is 11.6 Å². The number of hydrogen-bond acceptors (Lipinski definition) is 1. The minimum absolute atomic E-state index is 0.0236. The van der Waals surface area contributed by atoms with Gasteiger partial charge in [0.25, 0.3) is 0 Å². The lowest BCUT2D eigenvalue weighted by Crippen LogP contribution is -2.14. The third-order valence-corrected chi connectivity index (χ3v) is 4.05. The number of carbonyl (C=O) groups excluding carboxylic acids is 1. The summed E-state index contributed by atoms with van der Waals surface area (Å²) in [5, 5.41) is 3.43. The van der Waals surface area contributed by atoms with Crippen LogP contribution in [0.2, 0.25) is 5.02 Å². The van der Waals surface area contributed by atoms with Crippen LogP contribution in [-0.4, -0.2) is 5.91 Å². The fourth-order valence-electron chi connectivity index (χ4n) is 1.97. The van der Waals surface area contributed by atoms with Gasteiger partial charge >= 0.3 is 0 Å². The van der Waals surface area contributed by atoms with Crippen molar-refractivity contribution in [1.29, 1.82) is 0 Å². The molecular formula is C16H15ClINO. The Hall–Kier alpha value is -1.07. The summed E-state index contributed by atoms with van der Waals surface area (Å²) >= 11 is 8.29. The van der Waals surface area contributed by atoms with Gasteiger partial charge in [0.15, 0.2) is 0 Å². The molecule has 0 aromatic heterocycles. The molecule has 1 unspecified atom stereocenters. The minimum Gasteiger partial charge on any atom is -0.325 e. The van der Waals surface area contributed by atoms with Gasteiger partial charge in [0.2, 0.25) is 5.91 Å². The van der Waals surface area contributed by atoms with Crippen molar-refractivity contribution in [1.82, 2.24) is 0 Å². The van der Waals surface area contributed by atoms with Crippen LogP contribution >= 0.6 is 34.2 Å². The van der Waals surface area contributed by atoms with Gasteiger partial charge in [-0.15, -0.1) is 0 Å². The highest BCUT2D eigenvalue weighted by molar-refractivity contribution is 14.1. The average molecular weight is 400 g/mol. The number of halogens is 2. The first kappa shape index (κ1) is 15.3. The van der Waals surface area contributed by atoms with Gasteiger partial charge in [0, 0.05) is 9.99 Å². The third kappa shape index (κ3) is 4.21. The second-order valence-electron chi connectivity index (χ2n) is 4.69. The SMILES string of the molecule is CC(CC(=O)Nc1ccc(I)cc1Cl)c1ccccc1. The maximum atomic E-state index is 12.1.